The van der Waals surface area contributed by atoms with Crippen molar-refractivity contribution in [1.82, 2.24) is 4.98 Å². The molecule has 0 radical (unpaired) electrons. The Morgan fingerprint density at radius 1 is 1.17 bits per heavy atom. The molecule has 2 aromatic rings. The molecule has 0 amide bonds. The van der Waals surface area contributed by atoms with Gasteiger partial charge < -0.3 is 14.6 Å². The maximum absolute atomic E-state index is 9.55. The highest BCUT2D eigenvalue weighted by molar-refractivity contribution is 5.74. The Morgan fingerprint density at radius 2 is 1.83 bits per heavy atom. The molecule has 4 nitrogen and oxygen atoms in total. The third-order valence-corrected chi connectivity index (χ3v) is 4.28. The Bertz CT molecular complexity index is 716. The van der Waals surface area contributed by atoms with Crippen molar-refractivity contribution in [3.05, 3.63) is 35.4 Å². The molecule has 0 bridgehead atoms. The highest BCUT2D eigenvalue weighted by Crippen LogP contribution is 2.34. The van der Waals surface area contributed by atoms with Crippen LogP contribution < -0.4 is 9.64 Å². The number of nitriles is 1. The second-order valence-corrected chi connectivity index (χ2v) is 6.35. The van der Waals surface area contributed by atoms with E-state index < -0.39 is 0 Å². The minimum absolute atomic E-state index is 0.167. The van der Waals surface area contributed by atoms with Crippen molar-refractivity contribution in [3.8, 4) is 23.1 Å². The Labute approximate surface area is 137 Å². The number of aromatic amines is 1. The molecule has 1 aliphatic rings. The van der Waals surface area contributed by atoms with E-state index in [2.05, 4.69) is 16.0 Å². The van der Waals surface area contributed by atoms with E-state index >= 15 is 0 Å². The lowest BCUT2D eigenvalue weighted by Crippen LogP contribution is -2.18. The smallest absolute Gasteiger partial charge is 0.124 e. The number of benzene rings is 1. The van der Waals surface area contributed by atoms with E-state index in [0.29, 0.717) is 0 Å². The van der Waals surface area contributed by atoms with Gasteiger partial charge in [0.25, 0.3) is 0 Å². The summed E-state index contributed by atoms with van der Waals surface area (Å²) in [4.78, 5) is 5.77. The lowest BCUT2D eigenvalue weighted by atomic mass is 10.1. The summed E-state index contributed by atoms with van der Waals surface area (Å²) < 4.78 is 5.70. The van der Waals surface area contributed by atoms with Gasteiger partial charge in [0.1, 0.15) is 17.6 Å². The van der Waals surface area contributed by atoms with Gasteiger partial charge >= 0.3 is 0 Å². The average molecular weight is 309 g/mol. The molecule has 1 aromatic carbocycles. The van der Waals surface area contributed by atoms with E-state index in [-0.39, 0.29) is 6.10 Å². The molecule has 0 saturated carbocycles. The van der Waals surface area contributed by atoms with Crippen molar-refractivity contribution >= 4 is 5.82 Å². The third-order valence-electron chi connectivity index (χ3n) is 4.28. The largest absolute Gasteiger partial charge is 0.491 e. The number of hydrogen-bond acceptors (Lipinski definition) is 3. The van der Waals surface area contributed by atoms with Crippen LogP contribution in [0.5, 0.6) is 5.75 Å². The van der Waals surface area contributed by atoms with Crippen molar-refractivity contribution in [2.45, 2.75) is 39.7 Å². The Kier molecular flexibility index (Phi) is 4.29. The molecule has 0 atom stereocenters. The fourth-order valence-corrected chi connectivity index (χ4v) is 3.15. The Morgan fingerprint density at radius 3 is 2.39 bits per heavy atom. The van der Waals surface area contributed by atoms with Gasteiger partial charge in [-0.1, -0.05) is 0 Å². The Hall–Kier alpha value is -2.41. The summed E-state index contributed by atoms with van der Waals surface area (Å²) in [6, 6.07) is 10.4. The van der Waals surface area contributed by atoms with Crippen molar-refractivity contribution < 1.29 is 4.74 Å². The lowest BCUT2D eigenvalue weighted by Gasteiger charge is -2.15. The number of aromatic nitrogens is 1. The summed E-state index contributed by atoms with van der Waals surface area (Å²) in [6.07, 6.45) is 2.55. The summed E-state index contributed by atoms with van der Waals surface area (Å²) in [6.45, 7) is 8.10. The number of nitrogens with zero attached hydrogens (tertiary/aromatic N) is 2. The molecule has 1 aliphatic heterocycles. The lowest BCUT2D eigenvalue weighted by molar-refractivity contribution is 0.242. The van der Waals surface area contributed by atoms with Gasteiger partial charge in [0.05, 0.1) is 17.4 Å². The minimum Gasteiger partial charge on any atom is -0.491 e. The molecule has 2 heterocycles. The first-order chi connectivity index (χ1) is 11.1. The van der Waals surface area contributed by atoms with E-state index in [0.717, 1.165) is 47.0 Å². The van der Waals surface area contributed by atoms with Gasteiger partial charge in [-0.2, -0.15) is 5.26 Å². The van der Waals surface area contributed by atoms with Crippen LogP contribution in [0.25, 0.3) is 11.3 Å². The second-order valence-electron chi connectivity index (χ2n) is 6.35. The molecule has 1 fully saturated rings. The molecular formula is C19H23N3O. The zero-order chi connectivity index (χ0) is 16.4. The van der Waals surface area contributed by atoms with E-state index in [1.807, 2.05) is 45.0 Å². The summed E-state index contributed by atoms with van der Waals surface area (Å²) in [5.74, 6) is 1.84. The second kappa shape index (κ2) is 6.37. The van der Waals surface area contributed by atoms with Crippen LogP contribution >= 0.6 is 0 Å². The molecule has 1 aromatic heterocycles. The predicted octanol–water partition coefficient (Wildman–Crippen LogP) is 4.25. The molecule has 0 spiro atoms. The molecule has 120 valence electrons. The van der Waals surface area contributed by atoms with Gasteiger partial charge in [-0.25, -0.2) is 0 Å². The van der Waals surface area contributed by atoms with E-state index in [4.69, 9.17) is 4.74 Å². The summed E-state index contributed by atoms with van der Waals surface area (Å²) in [5.41, 5.74) is 3.90. The molecule has 23 heavy (non-hydrogen) atoms. The maximum atomic E-state index is 9.55. The molecule has 3 rings (SSSR count). The fraction of sp³-hybridized carbons (Fsp3) is 0.421. The maximum Gasteiger partial charge on any atom is 0.124 e. The summed E-state index contributed by atoms with van der Waals surface area (Å²) in [7, 11) is 0. The number of H-pyrrole nitrogens is 1. The molecule has 1 N–H and O–H groups in total. The number of rotatable bonds is 4. The SMILES string of the molecule is Cc1c(-c2ccc(OC(C)C)cc2)[nH]c(N2CCCC2)c1C#N. The van der Waals surface area contributed by atoms with Gasteiger partial charge in [0.2, 0.25) is 0 Å². The first-order valence-electron chi connectivity index (χ1n) is 8.25. The first-order valence-corrected chi connectivity index (χ1v) is 8.25. The van der Waals surface area contributed by atoms with Crippen LogP contribution in [0.1, 0.15) is 37.8 Å². The number of ether oxygens (including phenoxy) is 1. The first kappa shape index (κ1) is 15.5. The van der Waals surface area contributed by atoms with Crippen LogP contribution in [0.4, 0.5) is 5.82 Å². The number of anilines is 1. The standard InChI is InChI=1S/C19H23N3O/c1-13(2)23-16-8-6-15(7-9-16)18-14(3)17(12-20)19(21-18)22-10-4-5-11-22/h6-9,13,21H,4-5,10-11H2,1-3H3. The van der Waals surface area contributed by atoms with Crippen molar-refractivity contribution in [2.75, 3.05) is 18.0 Å². The molecule has 4 heteroatoms. The van der Waals surface area contributed by atoms with Crippen molar-refractivity contribution in [2.24, 2.45) is 0 Å². The third kappa shape index (κ3) is 3.05. The van der Waals surface area contributed by atoms with Crippen LogP contribution in [-0.2, 0) is 0 Å². The monoisotopic (exact) mass is 309 g/mol. The van der Waals surface area contributed by atoms with Gasteiger partial charge in [0.15, 0.2) is 0 Å². The fourth-order valence-electron chi connectivity index (χ4n) is 3.15. The van der Waals surface area contributed by atoms with Crippen molar-refractivity contribution in [1.29, 1.82) is 5.26 Å². The highest BCUT2D eigenvalue weighted by Gasteiger charge is 2.22. The van der Waals surface area contributed by atoms with Gasteiger partial charge in [-0.05, 0) is 69.0 Å². The molecule has 1 saturated heterocycles. The van der Waals surface area contributed by atoms with Gasteiger partial charge in [-0.3, -0.25) is 0 Å². The minimum atomic E-state index is 0.167. The Balaban J connectivity index is 1.95. The van der Waals surface area contributed by atoms with Gasteiger partial charge in [-0.15, -0.1) is 0 Å². The normalized spacial score (nSPS) is 14.3. The van der Waals surface area contributed by atoms with Crippen LogP contribution in [0.3, 0.4) is 0 Å². The van der Waals surface area contributed by atoms with Gasteiger partial charge in [0, 0.05) is 13.1 Å². The van der Waals surface area contributed by atoms with E-state index in [1.54, 1.807) is 0 Å². The zero-order valence-electron chi connectivity index (χ0n) is 14.0. The van der Waals surface area contributed by atoms with E-state index in [9.17, 15) is 5.26 Å². The van der Waals surface area contributed by atoms with Crippen molar-refractivity contribution in [3.63, 3.8) is 0 Å². The molecular weight excluding hydrogens is 286 g/mol. The highest BCUT2D eigenvalue weighted by atomic mass is 16.5. The van der Waals surface area contributed by atoms with E-state index in [1.165, 1.54) is 12.8 Å². The van der Waals surface area contributed by atoms with Crippen LogP contribution in [-0.4, -0.2) is 24.2 Å². The number of hydrogen-bond donors (Lipinski definition) is 1. The quantitative estimate of drug-likeness (QED) is 0.918. The van der Waals surface area contributed by atoms with Crippen LogP contribution in [0, 0.1) is 18.3 Å². The zero-order valence-corrected chi connectivity index (χ0v) is 14.0. The molecule has 0 aliphatic carbocycles. The summed E-state index contributed by atoms with van der Waals surface area (Å²) >= 11 is 0. The predicted molar refractivity (Wildman–Crippen MR) is 92.9 cm³/mol. The van der Waals surface area contributed by atoms with Crippen LogP contribution in [0.2, 0.25) is 0 Å². The van der Waals surface area contributed by atoms with Crippen LogP contribution in [0.15, 0.2) is 24.3 Å². The summed E-state index contributed by atoms with van der Waals surface area (Å²) in [5, 5.41) is 9.55. The average Bonchev–Trinajstić information content (AvgIpc) is 3.15. The molecule has 0 unspecified atom stereocenters. The number of nitrogens with one attached hydrogen (secondary N) is 1. The topological polar surface area (TPSA) is 52.0 Å².